The second-order valence-corrected chi connectivity index (χ2v) is 7.07. The molecule has 1 aromatic carbocycles. The van der Waals surface area contributed by atoms with Gasteiger partial charge in [0, 0.05) is 48.6 Å². The van der Waals surface area contributed by atoms with Crippen molar-refractivity contribution in [3.05, 3.63) is 66.6 Å². The van der Waals surface area contributed by atoms with Crippen molar-refractivity contribution in [3.63, 3.8) is 0 Å². The molecule has 0 saturated carbocycles. The van der Waals surface area contributed by atoms with Crippen molar-refractivity contribution in [1.82, 2.24) is 29.9 Å². The number of aromatic amines is 1. The van der Waals surface area contributed by atoms with E-state index >= 15 is 0 Å². The summed E-state index contributed by atoms with van der Waals surface area (Å²) >= 11 is 0. The number of nitrogens with one attached hydrogen (secondary N) is 1. The van der Waals surface area contributed by atoms with Crippen LogP contribution in [0.5, 0.6) is 5.75 Å². The van der Waals surface area contributed by atoms with Crippen molar-refractivity contribution in [2.45, 2.75) is 12.8 Å². The molecule has 0 unspecified atom stereocenters. The molecule has 0 spiro atoms. The highest BCUT2D eigenvalue weighted by molar-refractivity contribution is 5.93. The van der Waals surface area contributed by atoms with Gasteiger partial charge in [-0.15, -0.1) is 10.2 Å². The third-order valence-corrected chi connectivity index (χ3v) is 5.05. The predicted molar refractivity (Wildman–Crippen MR) is 112 cm³/mol. The minimum atomic E-state index is 0.483. The highest BCUT2D eigenvalue weighted by Gasteiger charge is 2.15. The van der Waals surface area contributed by atoms with Crippen molar-refractivity contribution in [3.8, 4) is 28.3 Å². The van der Waals surface area contributed by atoms with Crippen LogP contribution in [0.3, 0.4) is 0 Å². The molecule has 0 aliphatic rings. The Morgan fingerprint density at radius 3 is 2.70 bits per heavy atom. The summed E-state index contributed by atoms with van der Waals surface area (Å²) in [5.41, 5.74) is 4.79. The van der Waals surface area contributed by atoms with Gasteiger partial charge in [-0.2, -0.15) is 5.10 Å². The number of fused-ring (bicyclic) bond motifs is 1. The first kappa shape index (κ1) is 18.1. The molecule has 8 heteroatoms. The fraction of sp³-hybridized carbons (Fsp3) is 0.182. The molecule has 0 saturated heterocycles. The van der Waals surface area contributed by atoms with E-state index in [9.17, 15) is 0 Å². The van der Waals surface area contributed by atoms with Crippen LogP contribution < -0.4 is 4.74 Å². The topological polar surface area (TPSA) is 94.7 Å². The summed E-state index contributed by atoms with van der Waals surface area (Å²) in [6, 6.07) is 10.1. The van der Waals surface area contributed by atoms with Crippen molar-refractivity contribution in [2.24, 2.45) is 7.05 Å². The zero-order valence-electron chi connectivity index (χ0n) is 16.7. The molecular formula is C22H20N6O2. The van der Waals surface area contributed by atoms with Crippen LogP contribution in [0.2, 0.25) is 0 Å². The number of pyridine rings is 1. The Morgan fingerprint density at radius 2 is 1.93 bits per heavy atom. The molecule has 1 N–H and O–H groups in total. The van der Waals surface area contributed by atoms with Crippen LogP contribution in [0.25, 0.3) is 33.6 Å². The van der Waals surface area contributed by atoms with Gasteiger partial charge in [-0.1, -0.05) is 12.1 Å². The third-order valence-electron chi connectivity index (χ3n) is 5.05. The van der Waals surface area contributed by atoms with E-state index in [2.05, 4.69) is 31.3 Å². The van der Waals surface area contributed by atoms with Crippen molar-refractivity contribution in [2.75, 3.05) is 7.11 Å². The first-order valence-electron chi connectivity index (χ1n) is 9.61. The average molecular weight is 400 g/mol. The molecule has 4 aromatic heterocycles. The van der Waals surface area contributed by atoms with Crippen molar-refractivity contribution < 1.29 is 9.15 Å². The zero-order valence-corrected chi connectivity index (χ0v) is 16.7. The smallest absolute Gasteiger partial charge is 0.249 e. The molecule has 0 bridgehead atoms. The molecule has 0 aliphatic heterocycles. The van der Waals surface area contributed by atoms with Crippen LogP contribution in [0.4, 0.5) is 0 Å². The number of aromatic nitrogens is 6. The first-order valence-corrected chi connectivity index (χ1v) is 9.61. The Labute approximate surface area is 172 Å². The summed E-state index contributed by atoms with van der Waals surface area (Å²) in [6.07, 6.45) is 8.94. The van der Waals surface area contributed by atoms with Gasteiger partial charge in [-0.25, -0.2) is 4.98 Å². The summed E-state index contributed by atoms with van der Waals surface area (Å²) in [5, 5.41) is 13.6. The monoisotopic (exact) mass is 400 g/mol. The second kappa shape index (κ2) is 7.47. The number of H-pyrrole nitrogens is 1. The number of nitrogens with zero attached hydrogens (tertiary/aromatic N) is 5. The highest BCUT2D eigenvalue weighted by Crippen LogP contribution is 2.30. The number of benzene rings is 1. The summed E-state index contributed by atoms with van der Waals surface area (Å²) in [6.45, 7) is 0. The second-order valence-electron chi connectivity index (χ2n) is 7.07. The van der Waals surface area contributed by atoms with E-state index in [1.54, 1.807) is 11.8 Å². The van der Waals surface area contributed by atoms with Crippen LogP contribution in [-0.4, -0.2) is 37.1 Å². The van der Waals surface area contributed by atoms with E-state index in [1.165, 1.54) is 5.56 Å². The van der Waals surface area contributed by atoms with Gasteiger partial charge in [0.2, 0.25) is 11.8 Å². The minimum absolute atomic E-state index is 0.483. The van der Waals surface area contributed by atoms with Crippen molar-refractivity contribution in [1.29, 1.82) is 0 Å². The third kappa shape index (κ3) is 3.43. The van der Waals surface area contributed by atoms with E-state index in [0.717, 1.165) is 39.9 Å². The number of aryl methyl sites for hydroxylation is 3. The number of methoxy groups -OCH3 is 1. The van der Waals surface area contributed by atoms with Crippen LogP contribution in [-0.2, 0) is 19.9 Å². The standard InChI is InChI=1S/C22H20N6O2/c1-28-13-16(11-25-28)15-9-18-19(12-24-21(18)23-10-15)22-27-26-20(30-22)8-5-14-3-6-17(29-2)7-4-14/h3-4,6-7,9-13H,5,8H2,1-2H3,(H,23,24). The Bertz CT molecular complexity index is 1300. The van der Waals surface area contributed by atoms with Crippen molar-refractivity contribution >= 4 is 11.0 Å². The van der Waals surface area contributed by atoms with Crippen LogP contribution in [0.1, 0.15) is 11.5 Å². The Morgan fingerprint density at radius 1 is 1.07 bits per heavy atom. The van der Waals surface area contributed by atoms with Gasteiger partial charge >= 0.3 is 0 Å². The highest BCUT2D eigenvalue weighted by atomic mass is 16.5. The molecule has 0 atom stereocenters. The van der Waals surface area contributed by atoms with Crippen LogP contribution in [0, 0.1) is 0 Å². The van der Waals surface area contributed by atoms with Gasteiger partial charge in [-0.3, -0.25) is 4.68 Å². The van der Waals surface area contributed by atoms with Gasteiger partial charge in [0.15, 0.2) is 0 Å². The normalized spacial score (nSPS) is 11.3. The molecule has 0 radical (unpaired) electrons. The maximum atomic E-state index is 5.94. The maximum absolute atomic E-state index is 5.94. The maximum Gasteiger partial charge on any atom is 0.249 e. The fourth-order valence-corrected chi connectivity index (χ4v) is 3.42. The van der Waals surface area contributed by atoms with E-state index in [4.69, 9.17) is 9.15 Å². The number of rotatable bonds is 6. The number of hydrogen-bond donors (Lipinski definition) is 1. The van der Waals surface area contributed by atoms with E-state index in [1.807, 2.05) is 56.1 Å². The lowest BCUT2D eigenvalue weighted by molar-refractivity contribution is 0.414. The number of hydrogen-bond acceptors (Lipinski definition) is 6. The molecule has 0 aliphatic carbocycles. The van der Waals surface area contributed by atoms with E-state index in [0.29, 0.717) is 18.2 Å². The quantitative estimate of drug-likeness (QED) is 0.466. The SMILES string of the molecule is COc1ccc(CCc2nnc(-c3c[nH]c4ncc(-c5cnn(C)c5)cc34)o2)cc1. The van der Waals surface area contributed by atoms with Gasteiger partial charge in [0.05, 0.1) is 18.9 Å². The molecule has 5 aromatic rings. The Hall–Kier alpha value is -3.94. The zero-order chi connectivity index (χ0) is 20.5. The lowest BCUT2D eigenvalue weighted by Gasteiger charge is -2.01. The van der Waals surface area contributed by atoms with Crippen LogP contribution in [0.15, 0.2) is 59.5 Å². The van der Waals surface area contributed by atoms with E-state index < -0.39 is 0 Å². The molecule has 5 rings (SSSR count). The molecule has 0 amide bonds. The van der Waals surface area contributed by atoms with Gasteiger partial charge in [-0.05, 0) is 30.2 Å². The summed E-state index contributed by atoms with van der Waals surface area (Å²) in [4.78, 5) is 7.69. The molecule has 8 nitrogen and oxygen atoms in total. The minimum Gasteiger partial charge on any atom is -0.497 e. The average Bonchev–Trinajstić information content (AvgIpc) is 3.51. The summed E-state index contributed by atoms with van der Waals surface area (Å²) in [5.74, 6) is 1.93. The largest absolute Gasteiger partial charge is 0.497 e. The van der Waals surface area contributed by atoms with Gasteiger partial charge < -0.3 is 14.1 Å². The number of ether oxygens (including phenoxy) is 1. The van der Waals surface area contributed by atoms with Gasteiger partial charge in [0.25, 0.3) is 0 Å². The molecule has 0 fully saturated rings. The predicted octanol–water partition coefficient (Wildman–Crippen LogP) is 3.81. The lowest BCUT2D eigenvalue weighted by Crippen LogP contribution is -1.92. The lowest BCUT2D eigenvalue weighted by atomic mass is 10.1. The fourth-order valence-electron chi connectivity index (χ4n) is 3.42. The van der Waals surface area contributed by atoms with Crippen LogP contribution >= 0.6 is 0 Å². The van der Waals surface area contributed by atoms with Gasteiger partial charge in [0.1, 0.15) is 11.4 Å². The molecule has 4 heterocycles. The molecule has 150 valence electrons. The summed E-state index contributed by atoms with van der Waals surface area (Å²) < 4.78 is 12.9. The Balaban J connectivity index is 1.38. The molecular weight excluding hydrogens is 380 g/mol. The molecule has 30 heavy (non-hydrogen) atoms. The first-order chi connectivity index (χ1) is 14.7. The van der Waals surface area contributed by atoms with E-state index in [-0.39, 0.29) is 0 Å². The Kier molecular flexibility index (Phi) is 4.51. The summed E-state index contributed by atoms with van der Waals surface area (Å²) in [7, 11) is 3.55.